The van der Waals surface area contributed by atoms with Crippen LogP contribution < -0.4 is 0 Å². The summed E-state index contributed by atoms with van der Waals surface area (Å²) in [6, 6.07) is 0. The lowest BCUT2D eigenvalue weighted by Gasteiger charge is -2.24. The molecule has 19 heavy (non-hydrogen) atoms. The Kier molecular flexibility index (Phi) is 4.71. The van der Waals surface area contributed by atoms with Gasteiger partial charge in [0.2, 0.25) is 0 Å². The molecule has 2 saturated heterocycles. The van der Waals surface area contributed by atoms with Crippen LogP contribution in [0.1, 0.15) is 0 Å². The van der Waals surface area contributed by atoms with E-state index < -0.39 is 62.4 Å². The summed E-state index contributed by atoms with van der Waals surface area (Å²) in [7, 11) is 0. The Morgan fingerprint density at radius 1 is 0.789 bits per heavy atom. The highest BCUT2D eigenvalue weighted by Crippen LogP contribution is 2.28. The van der Waals surface area contributed by atoms with Gasteiger partial charge in [-0.15, -0.1) is 0 Å². The van der Waals surface area contributed by atoms with E-state index in [-0.39, 0.29) is 0 Å². The highest BCUT2D eigenvalue weighted by Gasteiger charge is 2.49. The van der Waals surface area contributed by atoms with Gasteiger partial charge in [0.1, 0.15) is 36.6 Å². The predicted molar refractivity (Wildman–Crippen MR) is 56.6 cm³/mol. The fourth-order valence-electron chi connectivity index (χ4n) is 2.17. The molecule has 0 aromatic carbocycles. The molecular weight excluding hydrogens is 264 g/mol. The van der Waals surface area contributed by atoms with Gasteiger partial charge in [0.05, 0.1) is 13.2 Å². The van der Waals surface area contributed by atoms with E-state index in [1.54, 1.807) is 0 Å². The highest BCUT2D eigenvalue weighted by atomic mass is 16.7. The van der Waals surface area contributed by atoms with Crippen molar-refractivity contribution < 1.29 is 44.8 Å². The maximum Gasteiger partial charge on any atom is 0.187 e. The number of hydrogen-bond acceptors (Lipinski definition) is 9. The van der Waals surface area contributed by atoms with Gasteiger partial charge in [-0.3, -0.25) is 0 Å². The molecule has 6 N–H and O–H groups in total. The van der Waals surface area contributed by atoms with Gasteiger partial charge >= 0.3 is 0 Å². The van der Waals surface area contributed by atoms with Crippen LogP contribution in [0.25, 0.3) is 0 Å². The Bertz CT molecular complexity index is 301. The minimum Gasteiger partial charge on any atom is -0.394 e. The van der Waals surface area contributed by atoms with Crippen LogP contribution in [-0.2, 0) is 14.2 Å². The van der Waals surface area contributed by atoms with Crippen molar-refractivity contribution in [2.24, 2.45) is 0 Å². The summed E-state index contributed by atoms with van der Waals surface area (Å²) in [5.74, 6) is 0. The zero-order valence-electron chi connectivity index (χ0n) is 9.94. The molecule has 112 valence electrons. The number of ether oxygens (including phenoxy) is 3. The van der Waals surface area contributed by atoms with E-state index in [2.05, 4.69) is 0 Å². The molecule has 0 radical (unpaired) electrons. The summed E-state index contributed by atoms with van der Waals surface area (Å²) >= 11 is 0. The second kappa shape index (κ2) is 5.95. The van der Waals surface area contributed by atoms with Crippen LogP contribution in [0.3, 0.4) is 0 Å². The highest BCUT2D eigenvalue weighted by molar-refractivity contribution is 4.91. The van der Waals surface area contributed by atoms with Gasteiger partial charge in [-0.1, -0.05) is 0 Å². The summed E-state index contributed by atoms with van der Waals surface area (Å²) in [6.45, 7) is -1.01. The van der Waals surface area contributed by atoms with Gasteiger partial charge in [-0.25, -0.2) is 0 Å². The van der Waals surface area contributed by atoms with Crippen LogP contribution in [0.4, 0.5) is 0 Å². The molecule has 0 bridgehead atoms. The molecule has 0 spiro atoms. The summed E-state index contributed by atoms with van der Waals surface area (Å²) in [6.07, 6.45) is -10.1. The Balaban J connectivity index is 2.00. The lowest BCUT2D eigenvalue weighted by atomic mass is 10.1. The van der Waals surface area contributed by atoms with Crippen molar-refractivity contribution in [3.8, 4) is 0 Å². The first-order chi connectivity index (χ1) is 8.99. The first-order valence-electron chi connectivity index (χ1n) is 5.90. The first-order valence-corrected chi connectivity index (χ1v) is 5.90. The number of aliphatic hydroxyl groups is 6. The molecular formula is C10H18O9. The van der Waals surface area contributed by atoms with E-state index in [0.29, 0.717) is 0 Å². The summed E-state index contributed by atoms with van der Waals surface area (Å²) in [5, 5.41) is 56.1. The molecule has 2 unspecified atom stereocenters. The van der Waals surface area contributed by atoms with Crippen molar-refractivity contribution in [3.63, 3.8) is 0 Å². The fourth-order valence-corrected chi connectivity index (χ4v) is 2.17. The Morgan fingerprint density at radius 3 is 1.95 bits per heavy atom. The van der Waals surface area contributed by atoms with E-state index in [4.69, 9.17) is 24.4 Å². The first kappa shape index (κ1) is 15.0. The third-order valence-corrected chi connectivity index (χ3v) is 3.28. The van der Waals surface area contributed by atoms with Crippen molar-refractivity contribution >= 4 is 0 Å². The van der Waals surface area contributed by atoms with Crippen LogP contribution in [-0.4, -0.2) is 93.1 Å². The molecule has 2 aliphatic rings. The predicted octanol–water partition coefficient (Wildman–Crippen LogP) is -4.12. The molecule has 2 fully saturated rings. The second-order valence-electron chi connectivity index (χ2n) is 4.55. The molecule has 2 heterocycles. The SMILES string of the molecule is OC[C@H]1OC(O[C@H]2[C@H](O)C(O)O[C@@H]2CO)[C@@H](O)[C@@H]1O. The Hall–Kier alpha value is -0.360. The third kappa shape index (κ3) is 2.75. The number of rotatable bonds is 4. The number of aliphatic hydroxyl groups excluding tert-OH is 6. The topological polar surface area (TPSA) is 149 Å². The summed E-state index contributed by atoms with van der Waals surface area (Å²) in [4.78, 5) is 0. The molecule has 8 atom stereocenters. The number of hydrogen-bond donors (Lipinski definition) is 6. The van der Waals surface area contributed by atoms with E-state index in [9.17, 15) is 20.4 Å². The lowest BCUT2D eigenvalue weighted by Crippen LogP contribution is -2.43. The van der Waals surface area contributed by atoms with E-state index >= 15 is 0 Å². The van der Waals surface area contributed by atoms with Gasteiger partial charge in [-0.05, 0) is 0 Å². The fraction of sp³-hybridized carbons (Fsp3) is 1.00. The zero-order chi connectivity index (χ0) is 14.2. The van der Waals surface area contributed by atoms with E-state index in [1.807, 2.05) is 0 Å². The van der Waals surface area contributed by atoms with Gasteiger partial charge in [-0.2, -0.15) is 0 Å². The average molecular weight is 282 g/mol. The molecule has 0 saturated carbocycles. The molecule has 2 aliphatic heterocycles. The Labute approximate surface area is 108 Å². The largest absolute Gasteiger partial charge is 0.394 e. The van der Waals surface area contributed by atoms with Crippen LogP contribution in [0.5, 0.6) is 0 Å². The summed E-state index contributed by atoms with van der Waals surface area (Å²) < 4.78 is 15.1. The van der Waals surface area contributed by atoms with Crippen molar-refractivity contribution in [2.45, 2.75) is 49.2 Å². The average Bonchev–Trinajstić information content (AvgIpc) is 2.83. The minimum absolute atomic E-state index is 0.506. The van der Waals surface area contributed by atoms with E-state index in [0.717, 1.165) is 0 Å². The maximum absolute atomic E-state index is 9.67. The summed E-state index contributed by atoms with van der Waals surface area (Å²) in [5.41, 5.74) is 0. The maximum atomic E-state index is 9.67. The molecule has 0 aromatic heterocycles. The molecule has 2 rings (SSSR count). The quantitative estimate of drug-likeness (QED) is 0.302. The Morgan fingerprint density at radius 2 is 1.42 bits per heavy atom. The molecule has 9 nitrogen and oxygen atoms in total. The third-order valence-electron chi connectivity index (χ3n) is 3.28. The van der Waals surface area contributed by atoms with Crippen LogP contribution >= 0.6 is 0 Å². The van der Waals surface area contributed by atoms with Gasteiger partial charge < -0.3 is 44.8 Å². The van der Waals surface area contributed by atoms with Gasteiger partial charge in [0.15, 0.2) is 12.6 Å². The zero-order valence-corrected chi connectivity index (χ0v) is 9.94. The van der Waals surface area contributed by atoms with Crippen molar-refractivity contribution in [1.29, 1.82) is 0 Å². The van der Waals surface area contributed by atoms with Crippen LogP contribution in [0, 0.1) is 0 Å². The standard InChI is InChI=1S/C10H18O9/c11-1-3-5(13)6(14)10(18-3)19-8-4(2-12)17-9(16)7(8)15/h3-16H,1-2H2/t3-,4-,5-,6+,7+,8-,9?,10?/m1/s1. The minimum atomic E-state index is -1.51. The van der Waals surface area contributed by atoms with Crippen molar-refractivity contribution in [1.82, 2.24) is 0 Å². The van der Waals surface area contributed by atoms with Crippen LogP contribution in [0.15, 0.2) is 0 Å². The van der Waals surface area contributed by atoms with Crippen LogP contribution in [0.2, 0.25) is 0 Å². The lowest BCUT2D eigenvalue weighted by molar-refractivity contribution is -0.215. The monoisotopic (exact) mass is 282 g/mol. The van der Waals surface area contributed by atoms with Crippen molar-refractivity contribution in [2.75, 3.05) is 13.2 Å². The second-order valence-corrected chi connectivity index (χ2v) is 4.55. The molecule has 0 amide bonds. The normalized spacial score (nSPS) is 50.8. The molecule has 9 heteroatoms. The molecule has 0 aliphatic carbocycles. The van der Waals surface area contributed by atoms with Gasteiger partial charge in [0.25, 0.3) is 0 Å². The van der Waals surface area contributed by atoms with Crippen molar-refractivity contribution in [3.05, 3.63) is 0 Å². The smallest absolute Gasteiger partial charge is 0.187 e. The van der Waals surface area contributed by atoms with E-state index in [1.165, 1.54) is 0 Å². The van der Waals surface area contributed by atoms with Gasteiger partial charge in [0, 0.05) is 0 Å². The molecule has 0 aromatic rings.